The van der Waals surface area contributed by atoms with Crippen molar-refractivity contribution in [2.24, 2.45) is 5.92 Å². The van der Waals surface area contributed by atoms with Crippen LogP contribution in [0.15, 0.2) is 16.5 Å². The Morgan fingerprint density at radius 3 is 2.94 bits per heavy atom. The molecule has 0 aliphatic heterocycles. The topological polar surface area (TPSA) is 39.4 Å². The molecular formula is C13H18O3. The van der Waals surface area contributed by atoms with Crippen LogP contribution in [0.1, 0.15) is 48.9 Å². The van der Waals surface area contributed by atoms with Crippen molar-refractivity contribution in [1.82, 2.24) is 0 Å². The van der Waals surface area contributed by atoms with E-state index in [0.717, 1.165) is 12.2 Å². The van der Waals surface area contributed by atoms with Crippen molar-refractivity contribution in [3.8, 4) is 0 Å². The standard InChI is InChI=1S/C13H18O3/c1-10-4-2-3-5-13(10)15-9-12-7-6-11(8-14)16-12/h6-8,10,13H,2-5,9H2,1H3. The first kappa shape index (κ1) is 11.4. The van der Waals surface area contributed by atoms with Crippen molar-refractivity contribution in [3.63, 3.8) is 0 Å². The predicted octanol–water partition coefficient (Wildman–Crippen LogP) is 3.19. The molecule has 3 nitrogen and oxygen atoms in total. The molecule has 2 unspecified atom stereocenters. The summed E-state index contributed by atoms with van der Waals surface area (Å²) < 4.78 is 11.1. The van der Waals surface area contributed by atoms with Gasteiger partial charge in [0.05, 0.1) is 6.10 Å². The largest absolute Gasteiger partial charge is 0.456 e. The molecule has 1 aliphatic carbocycles. The molecule has 0 bridgehead atoms. The second-order valence-corrected chi connectivity index (χ2v) is 4.53. The second-order valence-electron chi connectivity index (χ2n) is 4.53. The van der Waals surface area contributed by atoms with Crippen LogP contribution in [0.2, 0.25) is 0 Å². The first-order valence-corrected chi connectivity index (χ1v) is 5.95. The molecule has 0 amide bonds. The van der Waals surface area contributed by atoms with E-state index in [4.69, 9.17) is 9.15 Å². The minimum Gasteiger partial charge on any atom is -0.456 e. The lowest BCUT2D eigenvalue weighted by molar-refractivity contribution is -0.0221. The maximum absolute atomic E-state index is 10.4. The molecule has 1 heterocycles. The van der Waals surface area contributed by atoms with Crippen LogP contribution in [0.5, 0.6) is 0 Å². The van der Waals surface area contributed by atoms with Gasteiger partial charge in [-0.15, -0.1) is 0 Å². The molecule has 0 radical (unpaired) electrons. The summed E-state index contributed by atoms with van der Waals surface area (Å²) in [4.78, 5) is 10.4. The number of carbonyl (C=O) groups excluding carboxylic acids is 1. The van der Waals surface area contributed by atoms with E-state index in [-0.39, 0.29) is 0 Å². The predicted molar refractivity (Wildman–Crippen MR) is 60.3 cm³/mol. The summed E-state index contributed by atoms with van der Waals surface area (Å²) in [5.74, 6) is 1.74. The van der Waals surface area contributed by atoms with Crippen LogP contribution in [0.3, 0.4) is 0 Å². The zero-order chi connectivity index (χ0) is 11.4. The van der Waals surface area contributed by atoms with E-state index >= 15 is 0 Å². The van der Waals surface area contributed by atoms with E-state index in [1.807, 2.05) is 0 Å². The van der Waals surface area contributed by atoms with Gasteiger partial charge in [-0.1, -0.05) is 19.8 Å². The Morgan fingerprint density at radius 1 is 1.44 bits per heavy atom. The van der Waals surface area contributed by atoms with Gasteiger partial charge in [0.1, 0.15) is 12.4 Å². The summed E-state index contributed by atoms with van der Waals surface area (Å²) in [7, 11) is 0. The lowest BCUT2D eigenvalue weighted by Crippen LogP contribution is -2.25. The summed E-state index contributed by atoms with van der Waals surface area (Å²) in [6, 6.07) is 3.48. The minimum absolute atomic E-state index is 0.346. The lowest BCUT2D eigenvalue weighted by atomic mass is 9.88. The zero-order valence-electron chi connectivity index (χ0n) is 9.65. The Bertz CT molecular complexity index is 343. The molecule has 1 aromatic rings. The highest BCUT2D eigenvalue weighted by Gasteiger charge is 2.22. The highest BCUT2D eigenvalue weighted by Crippen LogP contribution is 2.27. The Labute approximate surface area is 95.8 Å². The Morgan fingerprint density at radius 2 is 2.25 bits per heavy atom. The molecule has 0 spiro atoms. The van der Waals surface area contributed by atoms with Gasteiger partial charge < -0.3 is 9.15 Å². The summed E-state index contributed by atoms with van der Waals surface area (Å²) in [5.41, 5.74) is 0. The average Bonchev–Trinajstić information content (AvgIpc) is 2.76. The van der Waals surface area contributed by atoms with Crippen LogP contribution in [-0.2, 0) is 11.3 Å². The van der Waals surface area contributed by atoms with Crippen LogP contribution in [0, 0.1) is 5.92 Å². The van der Waals surface area contributed by atoms with Crippen molar-refractivity contribution in [1.29, 1.82) is 0 Å². The van der Waals surface area contributed by atoms with Crippen molar-refractivity contribution in [2.45, 2.75) is 45.3 Å². The fourth-order valence-corrected chi connectivity index (χ4v) is 2.25. The molecule has 2 atom stereocenters. The van der Waals surface area contributed by atoms with E-state index in [1.54, 1.807) is 12.1 Å². The van der Waals surface area contributed by atoms with Gasteiger partial charge in [-0.05, 0) is 30.9 Å². The summed E-state index contributed by atoms with van der Waals surface area (Å²) >= 11 is 0. The molecule has 1 fully saturated rings. The number of hydrogen-bond donors (Lipinski definition) is 0. The van der Waals surface area contributed by atoms with Crippen LogP contribution in [0.4, 0.5) is 0 Å². The highest BCUT2D eigenvalue weighted by molar-refractivity contribution is 5.70. The molecule has 16 heavy (non-hydrogen) atoms. The van der Waals surface area contributed by atoms with Gasteiger partial charge in [0.15, 0.2) is 12.0 Å². The number of ether oxygens (including phenoxy) is 1. The normalized spacial score (nSPS) is 25.6. The smallest absolute Gasteiger partial charge is 0.185 e. The quantitative estimate of drug-likeness (QED) is 0.734. The third-order valence-corrected chi connectivity index (χ3v) is 3.27. The minimum atomic E-state index is 0.346. The summed E-state index contributed by atoms with van der Waals surface area (Å²) in [6.07, 6.45) is 6.03. The van der Waals surface area contributed by atoms with Gasteiger partial charge in [-0.3, -0.25) is 4.79 Å². The first-order valence-electron chi connectivity index (χ1n) is 5.95. The molecule has 1 saturated carbocycles. The molecule has 1 aliphatic rings. The molecule has 1 aromatic heterocycles. The van der Waals surface area contributed by atoms with E-state index in [9.17, 15) is 4.79 Å². The average molecular weight is 222 g/mol. The van der Waals surface area contributed by atoms with Gasteiger partial charge in [0.2, 0.25) is 0 Å². The molecule has 0 aromatic carbocycles. The van der Waals surface area contributed by atoms with E-state index in [0.29, 0.717) is 30.7 Å². The third kappa shape index (κ3) is 2.73. The van der Waals surface area contributed by atoms with Gasteiger partial charge in [-0.2, -0.15) is 0 Å². The van der Waals surface area contributed by atoms with E-state index in [1.165, 1.54) is 19.3 Å². The number of rotatable bonds is 4. The van der Waals surface area contributed by atoms with Crippen molar-refractivity contribution < 1.29 is 13.9 Å². The van der Waals surface area contributed by atoms with Crippen LogP contribution >= 0.6 is 0 Å². The summed E-state index contributed by atoms with van der Waals surface area (Å²) in [6.45, 7) is 2.71. The number of furan rings is 1. The van der Waals surface area contributed by atoms with Crippen molar-refractivity contribution in [3.05, 3.63) is 23.7 Å². The van der Waals surface area contributed by atoms with Gasteiger partial charge >= 0.3 is 0 Å². The maximum Gasteiger partial charge on any atom is 0.185 e. The Kier molecular flexibility index (Phi) is 3.78. The lowest BCUT2D eigenvalue weighted by Gasteiger charge is -2.28. The van der Waals surface area contributed by atoms with Gasteiger partial charge in [-0.25, -0.2) is 0 Å². The van der Waals surface area contributed by atoms with Crippen LogP contribution in [0.25, 0.3) is 0 Å². The fraction of sp³-hybridized carbons (Fsp3) is 0.615. The number of hydrogen-bond acceptors (Lipinski definition) is 3. The van der Waals surface area contributed by atoms with Crippen LogP contribution < -0.4 is 0 Å². The van der Waals surface area contributed by atoms with Gasteiger partial charge in [0, 0.05) is 0 Å². The maximum atomic E-state index is 10.4. The Hall–Kier alpha value is -1.09. The molecule has 3 heteroatoms. The molecule has 2 rings (SSSR count). The highest BCUT2D eigenvalue weighted by atomic mass is 16.5. The first-order chi connectivity index (χ1) is 7.79. The number of carbonyl (C=O) groups is 1. The van der Waals surface area contributed by atoms with Crippen molar-refractivity contribution >= 4 is 6.29 Å². The van der Waals surface area contributed by atoms with Gasteiger partial charge in [0.25, 0.3) is 0 Å². The molecular weight excluding hydrogens is 204 g/mol. The second kappa shape index (κ2) is 5.30. The summed E-state index contributed by atoms with van der Waals surface area (Å²) in [5, 5.41) is 0. The fourth-order valence-electron chi connectivity index (χ4n) is 2.25. The monoisotopic (exact) mass is 222 g/mol. The third-order valence-electron chi connectivity index (χ3n) is 3.27. The SMILES string of the molecule is CC1CCCCC1OCc1ccc(C=O)o1. The zero-order valence-corrected chi connectivity index (χ0v) is 9.65. The van der Waals surface area contributed by atoms with E-state index in [2.05, 4.69) is 6.92 Å². The van der Waals surface area contributed by atoms with E-state index < -0.39 is 0 Å². The Balaban J connectivity index is 1.83. The van der Waals surface area contributed by atoms with Crippen LogP contribution in [-0.4, -0.2) is 12.4 Å². The molecule has 88 valence electrons. The number of aldehydes is 1. The van der Waals surface area contributed by atoms with Crippen molar-refractivity contribution in [2.75, 3.05) is 0 Å². The molecule has 0 saturated heterocycles. The molecule has 0 N–H and O–H groups in total.